The van der Waals surface area contributed by atoms with E-state index >= 15 is 0 Å². The normalized spacial score (nSPS) is 22.3. The number of benzene rings is 1. The van der Waals surface area contributed by atoms with Crippen LogP contribution in [0.1, 0.15) is 50.5 Å². The first-order valence-corrected chi connectivity index (χ1v) is 9.30. The van der Waals surface area contributed by atoms with Crippen LogP contribution in [0.15, 0.2) is 53.6 Å². The van der Waals surface area contributed by atoms with E-state index in [1.54, 1.807) is 0 Å². The molecule has 1 heterocycles. The van der Waals surface area contributed by atoms with E-state index in [9.17, 15) is 4.79 Å². The van der Waals surface area contributed by atoms with Gasteiger partial charge < -0.3 is 0 Å². The van der Waals surface area contributed by atoms with Crippen molar-refractivity contribution in [3.8, 4) is 0 Å². The third-order valence-corrected chi connectivity index (χ3v) is 5.10. The highest BCUT2D eigenvalue weighted by Crippen LogP contribution is 2.27. The van der Waals surface area contributed by atoms with Crippen LogP contribution >= 0.6 is 0 Å². The van der Waals surface area contributed by atoms with Crippen LogP contribution in [0.4, 0.5) is 0 Å². The molecule has 2 nitrogen and oxygen atoms in total. The molecule has 3 rings (SSSR count). The number of aliphatic imine (C=N–C) groups is 1. The van der Waals surface area contributed by atoms with Crippen LogP contribution in [-0.4, -0.2) is 18.0 Å². The van der Waals surface area contributed by atoms with Gasteiger partial charge in [0.05, 0.1) is 5.71 Å². The second-order valence-corrected chi connectivity index (χ2v) is 6.96. The summed E-state index contributed by atoms with van der Waals surface area (Å²) in [5, 5.41) is 0. The van der Waals surface area contributed by atoms with Gasteiger partial charge in [-0.3, -0.25) is 9.79 Å². The van der Waals surface area contributed by atoms with Crippen molar-refractivity contribution in [3.05, 3.63) is 54.1 Å². The fourth-order valence-electron chi connectivity index (χ4n) is 3.62. The average molecular weight is 321 g/mol. The lowest BCUT2D eigenvalue weighted by molar-refractivity contribution is -0.124. The number of carbonyl (C=O) groups is 1. The molecule has 1 aliphatic carbocycles. The summed E-state index contributed by atoms with van der Waals surface area (Å²) >= 11 is 0. The van der Waals surface area contributed by atoms with Crippen LogP contribution in [0.5, 0.6) is 0 Å². The van der Waals surface area contributed by atoms with E-state index in [1.807, 2.05) is 18.2 Å². The van der Waals surface area contributed by atoms with Gasteiger partial charge in [-0.2, -0.15) is 0 Å². The molecule has 0 bridgehead atoms. The number of hydrogen-bond acceptors (Lipinski definition) is 2. The van der Waals surface area contributed by atoms with Crippen molar-refractivity contribution < 1.29 is 4.79 Å². The molecule has 0 spiro atoms. The maximum absolute atomic E-state index is 12.5. The highest BCUT2D eigenvalue weighted by atomic mass is 16.1. The maximum atomic E-state index is 12.5. The van der Waals surface area contributed by atoms with E-state index < -0.39 is 0 Å². The van der Waals surface area contributed by atoms with E-state index in [0.717, 1.165) is 31.5 Å². The molecule has 0 aromatic heterocycles. The van der Waals surface area contributed by atoms with Crippen LogP contribution in [0.3, 0.4) is 0 Å². The minimum Gasteiger partial charge on any atom is -0.299 e. The molecule has 2 aliphatic rings. The molecular formula is C22H27NO. The molecule has 1 aromatic carbocycles. The molecule has 1 aliphatic heterocycles. The fraction of sp³-hybridized carbons (Fsp3) is 0.455. The summed E-state index contributed by atoms with van der Waals surface area (Å²) in [6.07, 6.45) is 16.1. The van der Waals surface area contributed by atoms with Crippen molar-refractivity contribution in [2.24, 2.45) is 16.8 Å². The van der Waals surface area contributed by atoms with E-state index in [0.29, 0.717) is 24.0 Å². The number of nitrogens with zero attached hydrogens (tertiary/aromatic N) is 1. The monoisotopic (exact) mass is 321 g/mol. The Balaban J connectivity index is 1.54. The predicted molar refractivity (Wildman–Crippen MR) is 101 cm³/mol. The predicted octanol–water partition coefficient (Wildman–Crippen LogP) is 5.26. The summed E-state index contributed by atoms with van der Waals surface area (Å²) in [6.45, 7) is 0.810. The highest BCUT2D eigenvalue weighted by Gasteiger charge is 2.23. The number of Topliss-reactive ketones (excluding diaryl/α,β-unsaturated/α-hetero) is 1. The molecule has 1 aromatic rings. The summed E-state index contributed by atoms with van der Waals surface area (Å²) in [4.78, 5) is 17.1. The lowest BCUT2D eigenvalue weighted by atomic mass is 9.82. The second-order valence-electron chi connectivity index (χ2n) is 6.96. The number of hydrogen-bond donors (Lipinski definition) is 0. The number of allylic oxidation sites excluding steroid dienone is 3. The zero-order valence-corrected chi connectivity index (χ0v) is 14.4. The van der Waals surface area contributed by atoms with Gasteiger partial charge in [-0.15, -0.1) is 0 Å². The van der Waals surface area contributed by atoms with Gasteiger partial charge in [0.1, 0.15) is 5.78 Å². The Kier molecular flexibility index (Phi) is 6.17. The lowest BCUT2D eigenvalue weighted by Gasteiger charge is -2.21. The minimum absolute atomic E-state index is 0.328. The number of ketones is 1. The van der Waals surface area contributed by atoms with Crippen LogP contribution in [0.25, 0.3) is 6.08 Å². The fourth-order valence-corrected chi connectivity index (χ4v) is 3.62. The van der Waals surface area contributed by atoms with Crippen molar-refractivity contribution in [1.29, 1.82) is 0 Å². The standard InChI is InChI=1S/C22H27NO/c24-22(20-9-5-2-6-10-20)17-19-12-14-21(23-16-15-19)13-11-18-7-3-1-4-8-18/h1,3-4,7-8,11-14,19-20H,2,5-6,9-10,15-17H2/b13-11+. The van der Waals surface area contributed by atoms with Crippen molar-refractivity contribution >= 4 is 17.6 Å². The van der Waals surface area contributed by atoms with Crippen LogP contribution in [0.2, 0.25) is 0 Å². The quantitative estimate of drug-likeness (QED) is 0.727. The topological polar surface area (TPSA) is 29.4 Å². The van der Waals surface area contributed by atoms with Crippen LogP contribution in [0, 0.1) is 11.8 Å². The smallest absolute Gasteiger partial charge is 0.136 e. The van der Waals surface area contributed by atoms with E-state index in [4.69, 9.17) is 0 Å². The Labute approximate surface area is 145 Å². The SMILES string of the molecule is O=C(CC1C=CC(/C=C/c2ccccc2)=NCC1)C1CCCCC1. The van der Waals surface area contributed by atoms with E-state index in [-0.39, 0.29) is 0 Å². The number of carbonyl (C=O) groups excluding carboxylic acids is 1. The van der Waals surface area contributed by atoms with Gasteiger partial charge in [0.2, 0.25) is 0 Å². The van der Waals surface area contributed by atoms with Crippen LogP contribution in [-0.2, 0) is 4.79 Å². The van der Waals surface area contributed by atoms with Gasteiger partial charge in [0.25, 0.3) is 0 Å². The number of rotatable bonds is 5. The largest absolute Gasteiger partial charge is 0.299 e. The highest BCUT2D eigenvalue weighted by molar-refractivity contribution is 6.06. The molecule has 2 heteroatoms. The lowest BCUT2D eigenvalue weighted by Crippen LogP contribution is -2.20. The first-order valence-electron chi connectivity index (χ1n) is 9.30. The van der Waals surface area contributed by atoms with Crippen molar-refractivity contribution in [2.45, 2.75) is 44.9 Å². The molecule has 24 heavy (non-hydrogen) atoms. The summed E-state index contributed by atoms with van der Waals surface area (Å²) in [5.41, 5.74) is 2.19. The van der Waals surface area contributed by atoms with Gasteiger partial charge in [-0.05, 0) is 42.9 Å². The van der Waals surface area contributed by atoms with E-state index in [1.165, 1.54) is 24.8 Å². The molecule has 0 N–H and O–H groups in total. The first-order chi connectivity index (χ1) is 11.8. The van der Waals surface area contributed by atoms with Gasteiger partial charge >= 0.3 is 0 Å². The third kappa shape index (κ3) is 5.02. The molecule has 1 fully saturated rings. The molecule has 1 saturated carbocycles. The minimum atomic E-state index is 0.328. The summed E-state index contributed by atoms with van der Waals surface area (Å²) < 4.78 is 0. The van der Waals surface area contributed by atoms with Gasteiger partial charge in [-0.1, -0.05) is 61.7 Å². The average Bonchev–Trinajstić information content (AvgIpc) is 2.87. The molecule has 0 radical (unpaired) electrons. The Morgan fingerprint density at radius 3 is 2.62 bits per heavy atom. The summed E-state index contributed by atoms with van der Waals surface area (Å²) in [7, 11) is 0. The van der Waals surface area contributed by atoms with Gasteiger partial charge in [0.15, 0.2) is 0 Å². The molecule has 1 atom stereocenters. The van der Waals surface area contributed by atoms with Gasteiger partial charge in [-0.25, -0.2) is 0 Å². The molecular weight excluding hydrogens is 294 g/mol. The molecule has 0 saturated heterocycles. The van der Waals surface area contributed by atoms with Gasteiger partial charge in [0, 0.05) is 18.9 Å². The van der Waals surface area contributed by atoms with Crippen LogP contribution < -0.4 is 0 Å². The molecule has 126 valence electrons. The Morgan fingerprint density at radius 1 is 1.04 bits per heavy atom. The van der Waals surface area contributed by atoms with Crippen molar-refractivity contribution in [1.82, 2.24) is 0 Å². The molecule has 1 unspecified atom stereocenters. The van der Waals surface area contributed by atoms with Crippen molar-refractivity contribution in [3.63, 3.8) is 0 Å². The Hall–Kier alpha value is -1.96. The zero-order valence-electron chi connectivity index (χ0n) is 14.4. The second kappa shape index (κ2) is 8.77. The Bertz CT molecular complexity index is 621. The molecule has 0 amide bonds. The van der Waals surface area contributed by atoms with E-state index in [2.05, 4.69) is 41.4 Å². The summed E-state index contributed by atoms with van der Waals surface area (Å²) in [5.74, 6) is 1.16. The first kappa shape index (κ1) is 16.9. The van der Waals surface area contributed by atoms with Crippen molar-refractivity contribution in [2.75, 3.05) is 6.54 Å². The third-order valence-electron chi connectivity index (χ3n) is 5.10. The maximum Gasteiger partial charge on any atom is 0.136 e. The Morgan fingerprint density at radius 2 is 1.83 bits per heavy atom. The zero-order chi connectivity index (χ0) is 16.6. The summed E-state index contributed by atoms with van der Waals surface area (Å²) in [6, 6.07) is 10.3.